The molecule has 0 radical (unpaired) electrons. The zero-order valence-corrected chi connectivity index (χ0v) is 9.82. The monoisotopic (exact) mass is 293 g/mol. The van der Waals surface area contributed by atoms with Gasteiger partial charge in [0.05, 0.1) is 0 Å². The number of hydrogen-bond donors (Lipinski definition) is 0. The van der Waals surface area contributed by atoms with Crippen molar-refractivity contribution < 1.29 is 30.9 Å². The molecule has 31 valence electrons. The van der Waals surface area contributed by atoms with Crippen molar-refractivity contribution in [1.82, 2.24) is 0 Å². The fraction of sp³-hybridized carbons (Fsp3) is 0.667. The summed E-state index contributed by atoms with van der Waals surface area (Å²) in [6.45, 7) is 1.52. The predicted octanol–water partition coefficient (Wildman–Crippen LogP) is 0.687. The van der Waals surface area contributed by atoms with Crippen molar-refractivity contribution >= 4 is 17.4 Å². The molecule has 0 aromatic heterocycles. The van der Waals surface area contributed by atoms with Crippen LogP contribution in [0.25, 0.3) is 0 Å². The maximum atomic E-state index is 10.1. The molecule has 0 saturated carbocycles. The Bertz CT molecular complexity index is 61.8. The van der Waals surface area contributed by atoms with E-state index < -0.39 is 0 Å². The predicted molar refractivity (Wildman–Crippen MR) is 20.3 cm³/mol. The number of alkyl halides is 1. The van der Waals surface area contributed by atoms with Crippen LogP contribution in [-0.4, -0.2) is 8.67 Å². The molecule has 0 heterocycles. The van der Waals surface area contributed by atoms with Gasteiger partial charge in [0, 0.05) is 0 Å². The molecular formula is C3H4ClHgO. The number of carbonyl (C=O) groups is 1. The van der Waals surface area contributed by atoms with E-state index in [2.05, 4.69) is 0 Å². The van der Waals surface area contributed by atoms with E-state index in [1.54, 1.807) is 0 Å². The van der Waals surface area contributed by atoms with Gasteiger partial charge in [-0.05, 0) is 0 Å². The van der Waals surface area contributed by atoms with Gasteiger partial charge < -0.3 is 0 Å². The molecule has 0 spiro atoms. The molecule has 0 aliphatic rings. The normalized spacial score (nSPS) is 14.0. The van der Waals surface area contributed by atoms with Gasteiger partial charge in [-0.25, -0.2) is 0 Å². The van der Waals surface area contributed by atoms with Crippen LogP contribution < -0.4 is 0 Å². The van der Waals surface area contributed by atoms with Crippen molar-refractivity contribution in [2.45, 2.75) is 9.81 Å². The van der Waals surface area contributed by atoms with Crippen LogP contribution in [-0.2, 0) is 30.9 Å². The summed E-state index contributed by atoms with van der Waals surface area (Å²) < 4.78 is -0.120. The van der Waals surface area contributed by atoms with Crippen LogP contribution in [0.3, 0.4) is 0 Å². The van der Waals surface area contributed by atoms with Crippen molar-refractivity contribution in [1.29, 1.82) is 0 Å². The Kier molecular flexibility index (Phi) is 3.41. The van der Waals surface area contributed by atoms with Crippen LogP contribution in [0.4, 0.5) is 0 Å². The molecule has 0 aliphatic heterocycles. The van der Waals surface area contributed by atoms with Crippen molar-refractivity contribution in [2.75, 3.05) is 0 Å². The second-order valence-electron chi connectivity index (χ2n) is 1.08. The first-order valence-electron chi connectivity index (χ1n) is 1.62. The van der Waals surface area contributed by atoms with Gasteiger partial charge in [-0.2, -0.15) is 0 Å². The number of ketones is 1. The third-order valence-electron chi connectivity index (χ3n) is 0.441. The Balaban J connectivity index is 3.26. The Morgan fingerprint density at radius 2 is 2.17 bits per heavy atom. The standard InChI is InChI=1S/C3H4ClO.Hg/c1-3(5)2-4;/h2H,1H3;. The second-order valence-corrected chi connectivity index (χ2v) is 6.79. The molecule has 1 unspecified atom stereocenters. The van der Waals surface area contributed by atoms with Gasteiger partial charge in [-0.1, -0.05) is 0 Å². The molecule has 0 N–H and O–H groups in total. The maximum absolute atomic E-state index is 10.1. The van der Waals surface area contributed by atoms with E-state index >= 15 is 0 Å². The molecule has 3 heteroatoms. The number of hydrogen-bond acceptors (Lipinski definition) is 1. The SMILES string of the molecule is CC(=O)[CH](Cl)[Hg]. The molecule has 0 saturated heterocycles. The fourth-order valence-corrected chi connectivity index (χ4v) is 0. The average molecular weight is 292 g/mol. The molecule has 0 aliphatic carbocycles. The van der Waals surface area contributed by atoms with Crippen LogP contribution in [0, 0.1) is 0 Å². The van der Waals surface area contributed by atoms with Crippen molar-refractivity contribution in [3.8, 4) is 0 Å². The molecular weight excluding hydrogens is 288 g/mol. The summed E-state index contributed by atoms with van der Waals surface area (Å²) in [4.78, 5) is 10.1. The summed E-state index contributed by atoms with van der Waals surface area (Å²) in [5, 5.41) is 0. The van der Waals surface area contributed by atoms with E-state index in [4.69, 9.17) is 11.6 Å². The average Bonchev–Trinajstić information content (AvgIpc) is 1.36. The number of carbonyl (C=O) groups excluding carboxylic acids is 1. The summed E-state index contributed by atoms with van der Waals surface area (Å²) in [6.07, 6.45) is 0. The first kappa shape index (κ1) is 6.90. The molecule has 1 atom stereocenters. The molecule has 0 aromatic carbocycles. The minimum absolute atomic E-state index is 0.111. The number of halogens is 1. The summed E-state index contributed by atoms with van der Waals surface area (Å²) in [6, 6.07) is 0. The topological polar surface area (TPSA) is 17.1 Å². The van der Waals surface area contributed by atoms with Gasteiger partial charge >= 0.3 is 58.1 Å². The summed E-state index contributed by atoms with van der Waals surface area (Å²) in [5.74, 6) is 0.111. The third kappa shape index (κ3) is 3.10. The zero-order valence-electron chi connectivity index (χ0n) is 3.57. The Morgan fingerprint density at radius 3 is 2.17 bits per heavy atom. The molecule has 1 nitrogen and oxygen atoms in total. The quantitative estimate of drug-likeness (QED) is 0.513. The minimum atomic E-state index is -0.120. The van der Waals surface area contributed by atoms with E-state index in [1.807, 2.05) is 0 Å². The summed E-state index contributed by atoms with van der Waals surface area (Å²) >= 11 is 5.76. The fourth-order valence-electron chi connectivity index (χ4n) is 0. The Morgan fingerprint density at radius 1 is 2.00 bits per heavy atom. The van der Waals surface area contributed by atoms with Crippen LogP contribution in [0.1, 0.15) is 6.92 Å². The van der Waals surface area contributed by atoms with E-state index in [0.717, 1.165) is 0 Å². The van der Waals surface area contributed by atoms with Crippen LogP contribution in [0.15, 0.2) is 0 Å². The van der Waals surface area contributed by atoms with E-state index in [0.29, 0.717) is 26.1 Å². The van der Waals surface area contributed by atoms with Crippen LogP contribution in [0.2, 0.25) is 0 Å². The Labute approximate surface area is 58.0 Å². The second kappa shape index (κ2) is 2.97. The first-order chi connectivity index (χ1) is 2.64. The van der Waals surface area contributed by atoms with Gasteiger partial charge in [0.15, 0.2) is 0 Å². The van der Waals surface area contributed by atoms with Crippen molar-refractivity contribution in [3.63, 3.8) is 0 Å². The number of rotatable bonds is 1. The molecule has 0 rings (SSSR count). The van der Waals surface area contributed by atoms with Gasteiger partial charge in [-0.3, -0.25) is 0 Å². The summed E-state index contributed by atoms with van der Waals surface area (Å²) in [5.41, 5.74) is 0. The molecule has 6 heavy (non-hydrogen) atoms. The van der Waals surface area contributed by atoms with E-state index in [9.17, 15) is 4.79 Å². The van der Waals surface area contributed by atoms with Gasteiger partial charge in [-0.15, -0.1) is 0 Å². The molecule has 0 bridgehead atoms. The first-order valence-corrected chi connectivity index (χ1v) is 5.23. The molecule has 0 aromatic rings. The van der Waals surface area contributed by atoms with E-state index in [-0.39, 0.29) is 8.67 Å². The number of Topliss-reactive ketones (excluding diaryl/α,β-unsaturated/α-hetero) is 1. The van der Waals surface area contributed by atoms with Crippen LogP contribution >= 0.6 is 11.6 Å². The third-order valence-corrected chi connectivity index (χ3v) is 2.98. The van der Waals surface area contributed by atoms with Gasteiger partial charge in [0.25, 0.3) is 0 Å². The molecule has 0 fully saturated rings. The van der Waals surface area contributed by atoms with Crippen LogP contribution in [0.5, 0.6) is 0 Å². The zero-order chi connectivity index (χ0) is 5.15. The Hall–Kier alpha value is 0.895. The summed E-state index contributed by atoms with van der Waals surface area (Å²) in [7, 11) is 0. The van der Waals surface area contributed by atoms with Crippen molar-refractivity contribution in [3.05, 3.63) is 0 Å². The van der Waals surface area contributed by atoms with Gasteiger partial charge in [0.2, 0.25) is 0 Å². The van der Waals surface area contributed by atoms with Crippen molar-refractivity contribution in [2.24, 2.45) is 0 Å². The molecule has 0 amide bonds. The van der Waals surface area contributed by atoms with E-state index in [1.165, 1.54) is 6.92 Å². The van der Waals surface area contributed by atoms with Gasteiger partial charge in [0.1, 0.15) is 0 Å².